The zero-order chi connectivity index (χ0) is 23.2. The molecule has 0 atom stereocenters. The Morgan fingerprint density at radius 1 is 1.15 bits per heavy atom. The number of thioether (sulfide) groups is 1. The number of carbonyl (C=O) groups excluding carboxylic acids is 2. The largest absolute Gasteiger partial charge is 0.486 e. The second-order valence-corrected chi connectivity index (χ2v) is 8.07. The molecule has 11 heteroatoms. The number of amides is 2. The van der Waals surface area contributed by atoms with Gasteiger partial charge in [-0.2, -0.15) is 0 Å². The van der Waals surface area contributed by atoms with E-state index in [9.17, 15) is 9.59 Å². The van der Waals surface area contributed by atoms with Crippen LogP contribution in [0.1, 0.15) is 13.8 Å². The average Bonchev–Trinajstić information content (AvgIpc) is 3.50. The molecule has 4 rings (SSSR count). The summed E-state index contributed by atoms with van der Waals surface area (Å²) in [6.45, 7) is 5.77. The van der Waals surface area contributed by atoms with Crippen LogP contribution in [0.3, 0.4) is 0 Å². The van der Waals surface area contributed by atoms with Crippen molar-refractivity contribution in [3.05, 3.63) is 36.6 Å². The first-order valence-corrected chi connectivity index (χ1v) is 11.6. The van der Waals surface area contributed by atoms with Crippen LogP contribution in [0, 0.1) is 0 Å². The van der Waals surface area contributed by atoms with Gasteiger partial charge < -0.3 is 24.1 Å². The number of nitrogens with one attached hydrogen (secondary N) is 1. The highest BCUT2D eigenvalue weighted by Gasteiger charge is 2.20. The molecule has 1 aliphatic heterocycles. The van der Waals surface area contributed by atoms with E-state index in [0.29, 0.717) is 60.2 Å². The fraction of sp³-hybridized carbons (Fsp3) is 0.364. The molecule has 0 radical (unpaired) electrons. The van der Waals surface area contributed by atoms with Gasteiger partial charge in [0.05, 0.1) is 18.6 Å². The van der Waals surface area contributed by atoms with Crippen LogP contribution in [-0.2, 0) is 16.1 Å². The molecular weight excluding hydrogens is 446 g/mol. The van der Waals surface area contributed by atoms with Gasteiger partial charge in [-0.1, -0.05) is 11.8 Å². The lowest BCUT2D eigenvalue weighted by Crippen LogP contribution is -2.38. The summed E-state index contributed by atoms with van der Waals surface area (Å²) in [7, 11) is 0. The number of anilines is 1. The molecule has 174 valence electrons. The lowest BCUT2D eigenvalue weighted by molar-refractivity contribution is -0.132. The predicted molar refractivity (Wildman–Crippen MR) is 122 cm³/mol. The van der Waals surface area contributed by atoms with Crippen molar-refractivity contribution in [1.82, 2.24) is 19.7 Å². The Morgan fingerprint density at radius 3 is 2.70 bits per heavy atom. The molecule has 0 bridgehead atoms. The first-order chi connectivity index (χ1) is 16.1. The number of hydrogen-bond donors (Lipinski definition) is 1. The molecule has 0 aliphatic carbocycles. The molecule has 1 aromatic carbocycles. The Balaban J connectivity index is 1.33. The average molecular weight is 472 g/mol. The van der Waals surface area contributed by atoms with Crippen LogP contribution in [0.25, 0.3) is 11.6 Å². The lowest BCUT2D eigenvalue weighted by atomic mass is 10.2. The lowest BCUT2D eigenvalue weighted by Gasteiger charge is -2.21. The number of aromatic nitrogens is 3. The van der Waals surface area contributed by atoms with E-state index in [2.05, 4.69) is 15.5 Å². The maximum absolute atomic E-state index is 12.8. The Labute approximate surface area is 195 Å². The first-order valence-electron chi connectivity index (χ1n) is 10.7. The maximum atomic E-state index is 12.8. The van der Waals surface area contributed by atoms with E-state index in [1.165, 1.54) is 16.7 Å². The number of likely N-dealkylation sites (N-methyl/N-ethyl adjacent to an activating group) is 1. The smallest absolute Gasteiger partial charge is 0.243 e. The number of benzene rings is 1. The summed E-state index contributed by atoms with van der Waals surface area (Å²) < 4.78 is 18.3. The first kappa shape index (κ1) is 22.7. The van der Waals surface area contributed by atoms with Crippen LogP contribution in [0.4, 0.5) is 5.69 Å². The van der Waals surface area contributed by atoms with Crippen molar-refractivity contribution in [2.75, 3.05) is 37.4 Å². The highest BCUT2D eigenvalue weighted by Crippen LogP contribution is 2.32. The molecule has 0 spiro atoms. The number of carbonyl (C=O) groups is 2. The summed E-state index contributed by atoms with van der Waals surface area (Å²) in [6, 6.07) is 8.82. The molecule has 0 fully saturated rings. The molecule has 3 aromatic rings. The van der Waals surface area contributed by atoms with Gasteiger partial charge in [-0.3, -0.25) is 14.2 Å². The topological polar surface area (TPSA) is 112 Å². The molecule has 0 saturated carbocycles. The van der Waals surface area contributed by atoms with Crippen LogP contribution < -0.4 is 14.8 Å². The molecule has 10 nitrogen and oxygen atoms in total. The molecule has 2 amide bonds. The van der Waals surface area contributed by atoms with Crippen molar-refractivity contribution in [1.29, 1.82) is 0 Å². The Morgan fingerprint density at radius 2 is 1.97 bits per heavy atom. The number of ether oxygens (including phenoxy) is 2. The molecule has 1 N–H and O–H groups in total. The second kappa shape index (κ2) is 10.4. The summed E-state index contributed by atoms with van der Waals surface area (Å²) in [5, 5.41) is 11.8. The third kappa shape index (κ3) is 5.30. The minimum atomic E-state index is -0.288. The zero-order valence-corrected chi connectivity index (χ0v) is 19.3. The molecule has 2 aromatic heterocycles. The number of hydrogen-bond acceptors (Lipinski definition) is 8. The van der Waals surface area contributed by atoms with Gasteiger partial charge >= 0.3 is 0 Å². The summed E-state index contributed by atoms with van der Waals surface area (Å²) in [4.78, 5) is 26.8. The normalized spacial score (nSPS) is 12.4. The fourth-order valence-corrected chi connectivity index (χ4v) is 4.26. The van der Waals surface area contributed by atoms with Crippen molar-refractivity contribution >= 4 is 29.3 Å². The summed E-state index contributed by atoms with van der Waals surface area (Å²) in [6.07, 6.45) is 1.58. The SMILES string of the molecule is CCN(CC(=O)Nc1ccc2c(c1)OCCO2)C(=O)CSc1nnc(-c2ccco2)n1CC. The predicted octanol–water partition coefficient (Wildman–Crippen LogP) is 2.91. The molecule has 0 unspecified atom stereocenters. The third-order valence-electron chi connectivity index (χ3n) is 4.99. The zero-order valence-electron chi connectivity index (χ0n) is 18.4. The van der Waals surface area contributed by atoms with Crippen LogP contribution in [0.5, 0.6) is 11.5 Å². The maximum Gasteiger partial charge on any atom is 0.243 e. The number of nitrogens with zero attached hydrogens (tertiary/aromatic N) is 4. The van der Waals surface area contributed by atoms with Gasteiger partial charge in [0.1, 0.15) is 13.2 Å². The Hall–Kier alpha value is -3.47. The molecule has 1 aliphatic rings. The third-order valence-corrected chi connectivity index (χ3v) is 5.95. The van der Waals surface area contributed by atoms with Crippen molar-refractivity contribution in [2.24, 2.45) is 0 Å². The van der Waals surface area contributed by atoms with E-state index in [-0.39, 0.29) is 24.1 Å². The molecule has 3 heterocycles. The number of furan rings is 1. The van der Waals surface area contributed by atoms with Crippen molar-refractivity contribution in [3.8, 4) is 23.1 Å². The minimum Gasteiger partial charge on any atom is -0.486 e. The summed E-state index contributed by atoms with van der Waals surface area (Å²) in [5.74, 6) is 2.16. The van der Waals surface area contributed by atoms with E-state index in [4.69, 9.17) is 13.9 Å². The molecule has 33 heavy (non-hydrogen) atoms. The van der Waals surface area contributed by atoms with Crippen LogP contribution in [0.2, 0.25) is 0 Å². The van der Waals surface area contributed by atoms with E-state index in [0.717, 1.165) is 0 Å². The van der Waals surface area contributed by atoms with Crippen molar-refractivity contribution in [3.63, 3.8) is 0 Å². The highest BCUT2D eigenvalue weighted by atomic mass is 32.2. The van der Waals surface area contributed by atoms with Gasteiger partial charge in [-0.15, -0.1) is 10.2 Å². The van der Waals surface area contributed by atoms with E-state index in [1.54, 1.807) is 30.5 Å². The van der Waals surface area contributed by atoms with E-state index < -0.39 is 0 Å². The van der Waals surface area contributed by atoms with Gasteiger partial charge in [-0.25, -0.2) is 0 Å². The van der Waals surface area contributed by atoms with Crippen molar-refractivity contribution < 1.29 is 23.5 Å². The van der Waals surface area contributed by atoms with Crippen LogP contribution in [-0.4, -0.2) is 63.5 Å². The van der Waals surface area contributed by atoms with E-state index in [1.807, 2.05) is 24.5 Å². The minimum absolute atomic E-state index is 0.0531. The van der Waals surface area contributed by atoms with Gasteiger partial charge in [0.15, 0.2) is 28.2 Å². The van der Waals surface area contributed by atoms with Crippen molar-refractivity contribution in [2.45, 2.75) is 25.5 Å². The molecular formula is C22H25N5O5S. The Bertz CT molecular complexity index is 1110. The van der Waals surface area contributed by atoms with E-state index >= 15 is 0 Å². The fourth-order valence-electron chi connectivity index (χ4n) is 3.36. The number of fused-ring (bicyclic) bond motifs is 1. The van der Waals surface area contributed by atoms with Gasteiger partial charge in [-0.05, 0) is 38.1 Å². The standard InChI is InChI=1S/C22H25N5O5S/c1-3-26(13-19(28)23-15-7-8-16-18(12-15)32-11-10-31-16)20(29)14-33-22-25-24-21(27(22)4-2)17-6-5-9-30-17/h5-9,12H,3-4,10-11,13-14H2,1-2H3,(H,23,28). The second-order valence-electron chi connectivity index (χ2n) is 7.13. The van der Waals surface area contributed by atoms with Gasteiger partial charge in [0, 0.05) is 24.8 Å². The quantitative estimate of drug-likeness (QED) is 0.474. The van der Waals surface area contributed by atoms with Gasteiger partial charge in [0.25, 0.3) is 0 Å². The van der Waals surface area contributed by atoms with Crippen LogP contribution >= 0.6 is 11.8 Å². The summed E-state index contributed by atoms with van der Waals surface area (Å²) >= 11 is 1.28. The van der Waals surface area contributed by atoms with Crippen LogP contribution in [0.15, 0.2) is 46.2 Å². The summed E-state index contributed by atoms with van der Waals surface area (Å²) in [5.41, 5.74) is 0.587. The van der Waals surface area contributed by atoms with Gasteiger partial charge in [0.2, 0.25) is 11.8 Å². The monoisotopic (exact) mass is 471 g/mol. The highest BCUT2D eigenvalue weighted by molar-refractivity contribution is 7.99. The molecule has 0 saturated heterocycles. The number of rotatable bonds is 9. The Kier molecular flexibility index (Phi) is 7.18.